The number of fused-ring (bicyclic) bond motifs is 4. The molecule has 12 rings (SSSR count). The van der Waals surface area contributed by atoms with E-state index in [0.29, 0.717) is 73.5 Å². The van der Waals surface area contributed by atoms with Gasteiger partial charge in [-0.3, -0.25) is 19.1 Å². The van der Waals surface area contributed by atoms with Gasteiger partial charge in [0.15, 0.2) is 0 Å². The number of morpholine rings is 2. The van der Waals surface area contributed by atoms with Crippen LogP contribution in [-0.4, -0.2) is 91.6 Å². The van der Waals surface area contributed by atoms with Crippen molar-refractivity contribution in [3.05, 3.63) is 133 Å². The number of hydrogen-bond acceptors (Lipinski definition) is 12. The van der Waals surface area contributed by atoms with E-state index in [0.717, 1.165) is 108 Å². The number of ether oxygens (including phenoxy) is 2. The fourth-order valence-electron chi connectivity index (χ4n) is 9.51. The van der Waals surface area contributed by atoms with E-state index in [1.54, 1.807) is 24.5 Å². The predicted molar refractivity (Wildman–Crippen MR) is 258 cm³/mol. The zero-order valence-electron chi connectivity index (χ0n) is 38.3. The summed E-state index contributed by atoms with van der Waals surface area (Å²) in [5, 5.41) is 0.247. The van der Waals surface area contributed by atoms with Crippen molar-refractivity contribution in [2.45, 2.75) is 39.5 Å². The number of halogens is 4. The minimum atomic E-state index is -0.570. The molecular formula is C52H46F4N10O4. The second kappa shape index (κ2) is 19.0. The Hall–Kier alpha value is -7.70. The number of aromatic nitrogens is 8. The van der Waals surface area contributed by atoms with Crippen LogP contribution in [0.5, 0.6) is 0 Å². The minimum absolute atomic E-state index is 0.0101. The second-order valence-corrected chi connectivity index (χ2v) is 17.0. The summed E-state index contributed by atoms with van der Waals surface area (Å²) >= 11 is 0. The van der Waals surface area contributed by atoms with Crippen molar-refractivity contribution in [2.75, 3.05) is 62.4 Å². The van der Waals surface area contributed by atoms with Crippen LogP contribution in [0, 0.1) is 23.3 Å². The van der Waals surface area contributed by atoms with Gasteiger partial charge >= 0.3 is 0 Å². The van der Waals surface area contributed by atoms with Gasteiger partial charge in [-0.1, -0.05) is 13.8 Å². The molecule has 0 radical (unpaired) electrons. The number of rotatable bonds is 10. The van der Waals surface area contributed by atoms with Crippen molar-refractivity contribution in [1.29, 1.82) is 0 Å². The van der Waals surface area contributed by atoms with Crippen molar-refractivity contribution >= 4 is 55.2 Å². The van der Waals surface area contributed by atoms with Crippen molar-refractivity contribution in [2.24, 2.45) is 0 Å². The molecule has 0 amide bonds. The summed E-state index contributed by atoms with van der Waals surface area (Å²) in [7, 11) is 0. The Morgan fingerprint density at radius 3 is 1.29 bits per heavy atom. The number of pyridine rings is 2. The van der Waals surface area contributed by atoms with Crippen LogP contribution >= 0.6 is 0 Å². The molecule has 6 aromatic heterocycles. The van der Waals surface area contributed by atoms with Crippen LogP contribution in [0.2, 0.25) is 0 Å². The number of nitrogens with zero attached hydrogens (tertiary/aromatic N) is 10. The summed E-state index contributed by atoms with van der Waals surface area (Å²) in [6.45, 7) is 9.60. The van der Waals surface area contributed by atoms with Gasteiger partial charge in [-0.2, -0.15) is 0 Å². The van der Waals surface area contributed by atoms with Crippen LogP contribution < -0.4 is 9.80 Å². The Morgan fingerprint density at radius 1 is 0.486 bits per heavy atom. The molecule has 8 heterocycles. The molecule has 0 saturated carbocycles. The molecule has 356 valence electrons. The number of hydrogen-bond donors (Lipinski definition) is 0. The van der Waals surface area contributed by atoms with Crippen LogP contribution in [-0.2, 0) is 22.3 Å². The number of anilines is 2. The molecule has 0 aliphatic carbocycles. The van der Waals surface area contributed by atoms with Crippen LogP contribution in [0.15, 0.2) is 107 Å². The van der Waals surface area contributed by atoms with E-state index in [1.807, 2.05) is 33.4 Å². The molecule has 10 aromatic rings. The molecule has 18 heteroatoms. The molecular weight excluding hydrogens is 905 g/mol. The Kier molecular flexibility index (Phi) is 12.2. The van der Waals surface area contributed by atoms with Gasteiger partial charge < -0.3 is 28.1 Å². The maximum absolute atomic E-state index is 15.1. The third kappa shape index (κ3) is 8.05. The first-order valence-corrected chi connectivity index (χ1v) is 23.3. The highest BCUT2D eigenvalue weighted by Crippen LogP contribution is 2.39. The summed E-state index contributed by atoms with van der Waals surface area (Å²) in [6, 6.07) is 16.0. The smallest absolute Gasteiger partial charge is 0.228 e. The van der Waals surface area contributed by atoms with Crippen LogP contribution in [0.4, 0.5) is 28.9 Å². The largest absolute Gasteiger partial charge is 0.444 e. The predicted octanol–water partition coefficient (Wildman–Crippen LogP) is 10.6. The highest BCUT2D eigenvalue weighted by Gasteiger charge is 2.26. The van der Waals surface area contributed by atoms with Gasteiger partial charge in [0.2, 0.25) is 11.8 Å². The molecule has 2 saturated heterocycles. The van der Waals surface area contributed by atoms with Gasteiger partial charge in [-0.05, 0) is 73.5 Å². The van der Waals surface area contributed by atoms with E-state index < -0.39 is 23.3 Å². The Morgan fingerprint density at radius 2 is 0.900 bits per heavy atom. The van der Waals surface area contributed by atoms with Crippen molar-refractivity contribution in [3.63, 3.8) is 0 Å². The Bertz CT molecular complexity index is 3280. The van der Waals surface area contributed by atoms with Crippen molar-refractivity contribution < 1.29 is 35.9 Å². The van der Waals surface area contributed by atoms with Crippen LogP contribution in [0.3, 0.4) is 0 Å². The minimum Gasteiger partial charge on any atom is -0.444 e. The highest BCUT2D eigenvalue weighted by molar-refractivity contribution is 5.99. The van der Waals surface area contributed by atoms with Gasteiger partial charge in [0.1, 0.15) is 69.5 Å². The van der Waals surface area contributed by atoms with Crippen LogP contribution in [0.25, 0.3) is 78.2 Å². The summed E-state index contributed by atoms with van der Waals surface area (Å²) in [5.74, 6) is 0.177. The third-order valence-electron chi connectivity index (χ3n) is 12.7. The zero-order valence-corrected chi connectivity index (χ0v) is 38.3. The van der Waals surface area contributed by atoms with Gasteiger partial charge in [0.25, 0.3) is 0 Å². The van der Waals surface area contributed by atoms with E-state index in [2.05, 4.69) is 43.6 Å². The quantitative estimate of drug-likeness (QED) is 0.121. The van der Waals surface area contributed by atoms with Gasteiger partial charge in [-0.15, -0.1) is 0 Å². The molecule has 0 bridgehead atoms. The molecule has 70 heavy (non-hydrogen) atoms. The number of aryl methyl sites for hydroxylation is 2. The lowest BCUT2D eigenvalue weighted by Crippen LogP contribution is -2.36. The molecule has 0 atom stereocenters. The third-order valence-corrected chi connectivity index (χ3v) is 12.7. The normalized spacial score (nSPS) is 14.3. The summed E-state index contributed by atoms with van der Waals surface area (Å²) in [6.07, 6.45) is 12.2. The Labute approximate surface area is 398 Å². The highest BCUT2D eigenvalue weighted by atomic mass is 19.1. The van der Waals surface area contributed by atoms with E-state index in [4.69, 9.17) is 28.3 Å². The van der Waals surface area contributed by atoms with E-state index in [-0.39, 0.29) is 21.8 Å². The van der Waals surface area contributed by atoms with E-state index in [9.17, 15) is 8.78 Å². The van der Waals surface area contributed by atoms with E-state index in [1.165, 1.54) is 24.9 Å². The van der Waals surface area contributed by atoms with Crippen molar-refractivity contribution in [1.82, 2.24) is 39.0 Å². The summed E-state index contributed by atoms with van der Waals surface area (Å²) in [5.41, 5.74) is 7.29. The van der Waals surface area contributed by atoms with Crippen LogP contribution in [0.1, 0.15) is 38.3 Å². The maximum atomic E-state index is 15.1. The number of benzene rings is 4. The summed E-state index contributed by atoms with van der Waals surface area (Å²) < 4.78 is 85.7. The SMILES string of the molecule is CCCc1nc2c(-c3ncco3)cc(N3CCOCC3)cc2n1-c1ccnc2c(F)ccc(F)c12.CCCc1nc2c(-c3ncco3)cc(N3CCOCC3)cc2n1-c1ccnc2c(F)ccc(F)c12. The van der Waals surface area contributed by atoms with E-state index >= 15 is 8.78 Å². The molecule has 4 aromatic carbocycles. The van der Waals surface area contributed by atoms with Gasteiger partial charge in [-0.25, -0.2) is 37.5 Å². The lowest BCUT2D eigenvalue weighted by molar-refractivity contribution is 0.122. The monoisotopic (exact) mass is 950 g/mol. The average Bonchev–Trinajstić information content (AvgIpc) is 4.24. The number of imidazole rings is 2. The topological polar surface area (TPSA) is 138 Å². The second-order valence-electron chi connectivity index (χ2n) is 17.0. The molecule has 0 spiro atoms. The van der Waals surface area contributed by atoms with Gasteiger partial charge in [0, 0.05) is 62.8 Å². The standard InChI is InChI=1S/2C26H23F2N5O2/c2*1-2-3-22-31-24-17(26-30-8-11-35-26)14-16(32-9-12-34-13-10-32)15-21(24)33(22)20-6-7-29-25-19(28)5-4-18(27)23(20)25/h2*4-8,11,14-15H,2-3,9-10,12-13H2,1H3. The van der Waals surface area contributed by atoms with Gasteiger partial charge in [0.05, 0.1) is 83.1 Å². The first-order valence-electron chi connectivity index (χ1n) is 23.3. The Balaban J connectivity index is 0.000000152. The first kappa shape index (κ1) is 44.8. The fraction of sp³-hybridized carbons (Fsp3) is 0.269. The first-order chi connectivity index (χ1) is 34.3. The molecule has 14 nitrogen and oxygen atoms in total. The summed E-state index contributed by atoms with van der Waals surface area (Å²) in [4.78, 5) is 31.4. The number of oxazole rings is 2. The molecule has 0 N–H and O–H groups in total. The molecule has 2 aliphatic heterocycles. The lowest BCUT2D eigenvalue weighted by Gasteiger charge is -2.29. The average molecular weight is 951 g/mol. The maximum Gasteiger partial charge on any atom is 0.228 e. The zero-order chi connectivity index (χ0) is 47.9. The molecule has 2 fully saturated rings. The molecule has 2 aliphatic rings. The van der Waals surface area contributed by atoms with Crippen molar-refractivity contribution in [3.8, 4) is 34.3 Å². The fourth-order valence-corrected chi connectivity index (χ4v) is 9.51. The molecule has 0 unspecified atom stereocenters. The lowest BCUT2D eigenvalue weighted by atomic mass is 10.1.